The van der Waals surface area contributed by atoms with Crippen molar-refractivity contribution in [1.82, 2.24) is 4.90 Å². The van der Waals surface area contributed by atoms with E-state index in [0.29, 0.717) is 23.2 Å². The zero-order valence-electron chi connectivity index (χ0n) is 13.9. The van der Waals surface area contributed by atoms with E-state index in [9.17, 15) is 17.6 Å². The van der Waals surface area contributed by atoms with Gasteiger partial charge < -0.3 is 5.32 Å². The van der Waals surface area contributed by atoms with Gasteiger partial charge in [0.2, 0.25) is 5.91 Å². The molecule has 1 aliphatic rings. The lowest BCUT2D eigenvalue weighted by Gasteiger charge is -2.33. The number of nitrogens with zero attached hydrogens (tertiary/aromatic N) is 1. The van der Waals surface area contributed by atoms with Gasteiger partial charge in [-0.1, -0.05) is 30.3 Å². The second-order valence-electron chi connectivity index (χ2n) is 6.11. The van der Waals surface area contributed by atoms with Gasteiger partial charge in [-0.15, -0.1) is 0 Å². The van der Waals surface area contributed by atoms with Gasteiger partial charge in [-0.25, -0.2) is 12.8 Å². The zero-order valence-corrected chi connectivity index (χ0v) is 16.3. The maximum Gasteiger partial charge on any atom is 0.246 e. The molecule has 1 atom stereocenters. The van der Waals surface area contributed by atoms with E-state index in [-0.39, 0.29) is 17.4 Å². The smallest absolute Gasteiger partial charge is 0.246 e. The number of sulfone groups is 1. The second-order valence-corrected chi connectivity index (χ2v) is 9.27. The number of carbonyl (C=O) groups excluding carboxylic acids is 1. The molecule has 0 aromatic heterocycles. The third-order valence-corrected chi connectivity index (χ3v) is 6.56. The van der Waals surface area contributed by atoms with Crippen LogP contribution >= 0.6 is 15.9 Å². The highest BCUT2D eigenvalue weighted by atomic mass is 79.9. The van der Waals surface area contributed by atoms with Crippen LogP contribution in [0.1, 0.15) is 11.6 Å². The van der Waals surface area contributed by atoms with Gasteiger partial charge in [-0.05, 0) is 39.7 Å². The predicted octanol–water partition coefficient (Wildman–Crippen LogP) is 3.00. The third-order valence-electron chi connectivity index (χ3n) is 4.30. The highest BCUT2D eigenvalue weighted by molar-refractivity contribution is 9.10. The molecule has 0 aliphatic carbocycles. The number of anilines is 1. The molecule has 26 heavy (non-hydrogen) atoms. The summed E-state index contributed by atoms with van der Waals surface area (Å²) in [5, 5.41) is 2.81. The molecule has 2 aromatic carbocycles. The molecule has 1 saturated heterocycles. The summed E-state index contributed by atoms with van der Waals surface area (Å²) >= 11 is 3.24. The summed E-state index contributed by atoms with van der Waals surface area (Å²) in [6, 6.07) is 12.6. The van der Waals surface area contributed by atoms with Crippen LogP contribution in [0.15, 0.2) is 53.0 Å². The fourth-order valence-corrected chi connectivity index (χ4v) is 4.62. The second kappa shape index (κ2) is 7.85. The Morgan fingerprint density at radius 3 is 2.38 bits per heavy atom. The van der Waals surface area contributed by atoms with Crippen LogP contribution in [0.5, 0.6) is 0 Å². The normalized spacial score (nSPS) is 18.2. The SMILES string of the molecule is O=C(Nc1ccc(F)cc1Br)C(c1ccccc1)N1CCS(=O)(=O)CC1. The van der Waals surface area contributed by atoms with E-state index in [1.54, 1.807) is 0 Å². The Hall–Kier alpha value is -1.77. The molecule has 1 fully saturated rings. The minimum absolute atomic E-state index is 0.0316. The van der Waals surface area contributed by atoms with Gasteiger partial charge >= 0.3 is 0 Å². The van der Waals surface area contributed by atoms with Crippen molar-refractivity contribution < 1.29 is 17.6 Å². The number of nitrogens with one attached hydrogen (secondary N) is 1. The maximum atomic E-state index is 13.3. The van der Waals surface area contributed by atoms with Gasteiger partial charge in [0, 0.05) is 17.6 Å². The number of carbonyl (C=O) groups is 1. The minimum Gasteiger partial charge on any atom is -0.323 e. The predicted molar refractivity (Wildman–Crippen MR) is 102 cm³/mol. The van der Waals surface area contributed by atoms with E-state index >= 15 is 0 Å². The fourth-order valence-electron chi connectivity index (χ4n) is 2.94. The summed E-state index contributed by atoms with van der Waals surface area (Å²) in [4.78, 5) is 14.9. The van der Waals surface area contributed by atoms with Crippen molar-refractivity contribution >= 4 is 37.4 Å². The Morgan fingerprint density at radius 1 is 1.12 bits per heavy atom. The molecule has 0 bridgehead atoms. The van der Waals surface area contributed by atoms with E-state index in [0.717, 1.165) is 5.56 Å². The van der Waals surface area contributed by atoms with Crippen molar-refractivity contribution in [3.63, 3.8) is 0 Å². The molecule has 3 rings (SSSR count). The van der Waals surface area contributed by atoms with E-state index in [1.165, 1.54) is 18.2 Å². The number of amides is 1. The maximum absolute atomic E-state index is 13.3. The minimum atomic E-state index is -3.05. The van der Waals surface area contributed by atoms with Gasteiger partial charge in [0.25, 0.3) is 0 Å². The Kier molecular flexibility index (Phi) is 5.74. The van der Waals surface area contributed by atoms with E-state index in [2.05, 4.69) is 21.2 Å². The summed E-state index contributed by atoms with van der Waals surface area (Å²) in [5.41, 5.74) is 1.24. The van der Waals surface area contributed by atoms with Crippen molar-refractivity contribution in [3.05, 3.63) is 64.4 Å². The van der Waals surface area contributed by atoms with E-state index in [4.69, 9.17) is 0 Å². The Morgan fingerprint density at radius 2 is 1.77 bits per heavy atom. The zero-order chi connectivity index (χ0) is 18.7. The average Bonchev–Trinajstić information content (AvgIpc) is 2.60. The van der Waals surface area contributed by atoms with Crippen LogP contribution in [0.3, 0.4) is 0 Å². The first-order valence-corrected chi connectivity index (χ1v) is 10.7. The summed E-state index contributed by atoms with van der Waals surface area (Å²) in [5.74, 6) is -0.633. The molecule has 5 nitrogen and oxygen atoms in total. The first kappa shape index (κ1) is 19.0. The number of halogens is 2. The molecule has 1 N–H and O–H groups in total. The van der Waals surface area contributed by atoms with Gasteiger partial charge in [0.1, 0.15) is 11.9 Å². The monoisotopic (exact) mass is 440 g/mol. The topological polar surface area (TPSA) is 66.5 Å². The molecule has 138 valence electrons. The highest BCUT2D eigenvalue weighted by Gasteiger charge is 2.32. The quantitative estimate of drug-likeness (QED) is 0.793. The molecule has 1 amide bonds. The van der Waals surface area contributed by atoms with Crippen molar-refractivity contribution in [2.24, 2.45) is 0 Å². The fraction of sp³-hybridized carbons (Fsp3) is 0.278. The summed E-state index contributed by atoms with van der Waals surface area (Å²) < 4.78 is 37.2. The van der Waals surface area contributed by atoms with Crippen molar-refractivity contribution in [2.45, 2.75) is 6.04 Å². The van der Waals surface area contributed by atoms with Gasteiger partial charge in [-0.3, -0.25) is 9.69 Å². The number of benzene rings is 2. The van der Waals surface area contributed by atoms with Crippen LogP contribution in [0.2, 0.25) is 0 Å². The molecular weight excluding hydrogens is 423 g/mol. The Bertz CT molecular complexity index is 892. The summed E-state index contributed by atoms with van der Waals surface area (Å²) in [7, 11) is -3.05. The molecular formula is C18H18BrFN2O3S. The highest BCUT2D eigenvalue weighted by Crippen LogP contribution is 2.28. The summed E-state index contributed by atoms with van der Waals surface area (Å²) in [6.07, 6.45) is 0. The Balaban J connectivity index is 1.87. The molecule has 0 saturated carbocycles. The van der Waals surface area contributed by atoms with Crippen LogP contribution < -0.4 is 5.32 Å². The lowest BCUT2D eigenvalue weighted by Crippen LogP contribution is -2.46. The van der Waals surface area contributed by atoms with Gasteiger partial charge in [0.15, 0.2) is 9.84 Å². The van der Waals surface area contributed by atoms with Crippen LogP contribution in [-0.4, -0.2) is 43.8 Å². The summed E-state index contributed by atoms with van der Waals surface area (Å²) in [6.45, 7) is 0.583. The molecule has 0 radical (unpaired) electrons. The van der Waals surface area contributed by atoms with E-state index in [1.807, 2.05) is 35.2 Å². The van der Waals surface area contributed by atoms with Gasteiger partial charge in [0.05, 0.1) is 17.2 Å². The Labute approximate surface area is 160 Å². The molecule has 8 heteroatoms. The molecule has 2 aromatic rings. The largest absolute Gasteiger partial charge is 0.323 e. The molecule has 1 heterocycles. The van der Waals surface area contributed by atoms with Gasteiger partial charge in [-0.2, -0.15) is 0 Å². The standard InChI is InChI=1S/C18H18BrFN2O3S/c19-15-12-14(20)6-7-16(15)21-18(23)17(13-4-2-1-3-5-13)22-8-10-26(24,25)11-9-22/h1-7,12,17H,8-11H2,(H,21,23). The lowest BCUT2D eigenvalue weighted by atomic mass is 10.0. The van der Waals surface area contributed by atoms with Crippen LogP contribution in [0.4, 0.5) is 10.1 Å². The lowest BCUT2D eigenvalue weighted by molar-refractivity contribution is -0.121. The third kappa shape index (κ3) is 4.49. The molecule has 1 unspecified atom stereocenters. The first-order chi connectivity index (χ1) is 12.4. The number of hydrogen-bond donors (Lipinski definition) is 1. The van der Waals surface area contributed by atoms with Crippen molar-refractivity contribution in [1.29, 1.82) is 0 Å². The van der Waals surface area contributed by atoms with Crippen molar-refractivity contribution in [3.8, 4) is 0 Å². The average molecular weight is 441 g/mol. The van der Waals surface area contributed by atoms with Crippen molar-refractivity contribution in [2.75, 3.05) is 29.9 Å². The molecule has 0 spiro atoms. The van der Waals surface area contributed by atoms with Crippen LogP contribution in [0.25, 0.3) is 0 Å². The molecule has 1 aliphatic heterocycles. The number of hydrogen-bond acceptors (Lipinski definition) is 4. The van der Waals surface area contributed by atoms with E-state index < -0.39 is 21.7 Å². The number of rotatable bonds is 4. The van der Waals surface area contributed by atoms with Crippen LogP contribution in [-0.2, 0) is 14.6 Å². The first-order valence-electron chi connectivity index (χ1n) is 8.11. The van der Waals surface area contributed by atoms with Crippen LogP contribution in [0, 0.1) is 5.82 Å².